The molecule has 0 aliphatic carbocycles. The lowest BCUT2D eigenvalue weighted by atomic mass is 10.1. The van der Waals surface area contributed by atoms with Crippen LogP contribution in [0.2, 0.25) is 0 Å². The van der Waals surface area contributed by atoms with Gasteiger partial charge >= 0.3 is 0 Å². The summed E-state index contributed by atoms with van der Waals surface area (Å²) < 4.78 is 1.40. The first-order chi connectivity index (χ1) is 15.4. The van der Waals surface area contributed by atoms with E-state index in [1.165, 1.54) is 22.5 Å². The van der Waals surface area contributed by atoms with Gasteiger partial charge in [-0.2, -0.15) is 0 Å². The Hall–Kier alpha value is -3.60. The molecule has 2 aromatic carbocycles. The van der Waals surface area contributed by atoms with Crippen molar-refractivity contribution >= 4 is 29.0 Å². The van der Waals surface area contributed by atoms with E-state index in [9.17, 15) is 14.9 Å². The number of hydrogen-bond donors (Lipinski definition) is 1. The van der Waals surface area contributed by atoms with Crippen LogP contribution in [0.3, 0.4) is 0 Å². The molecule has 0 atom stereocenters. The van der Waals surface area contributed by atoms with Crippen molar-refractivity contribution in [2.45, 2.75) is 12.1 Å². The number of benzene rings is 2. The van der Waals surface area contributed by atoms with Gasteiger partial charge in [-0.25, -0.2) is 4.68 Å². The first kappa shape index (κ1) is 21.6. The summed E-state index contributed by atoms with van der Waals surface area (Å²) in [7, 11) is 0. The van der Waals surface area contributed by atoms with E-state index in [1.54, 1.807) is 23.1 Å². The molecular weight excluding hydrogens is 430 g/mol. The SMILES string of the molecule is Cc1ccc(-c2nnc(SCC(=O)N3CCN(c4ccccc4[N+](=O)[O-])CC3)n2N)cc1. The Kier molecular flexibility index (Phi) is 6.26. The number of carbonyl (C=O) groups is 1. The van der Waals surface area contributed by atoms with Crippen LogP contribution in [-0.2, 0) is 4.79 Å². The summed E-state index contributed by atoms with van der Waals surface area (Å²) in [5, 5.41) is 20.0. The van der Waals surface area contributed by atoms with E-state index in [0.717, 1.165) is 11.1 Å². The molecule has 166 valence electrons. The number of nitro benzene ring substituents is 1. The van der Waals surface area contributed by atoms with Gasteiger partial charge in [-0.1, -0.05) is 53.7 Å². The topological polar surface area (TPSA) is 123 Å². The van der Waals surface area contributed by atoms with Crippen LogP contribution in [0, 0.1) is 17.0 Å². The highest BCUT2D eigenvalue weighted by Gasteiger charge is 2.26. The minimum Gasteiger partial charge on any atom is -0.362 e. The van der Waals surface area contributed by atoms with Crippen molar-refractivity contribution in [1.29, 1.82) is 0 Å². The largest absolute Gasteiger partial charge is 0.362 e. The van der Waals surface area contributed by atoms with Crippen LogP contribution in [0.15, 0.2) is 53.7 Å². The maximum Gasteiger partial charge on any atom is 0.292 e. The number of anilines is 1. The Balaban J connectivity index is 1.33. The fourth-order valence-corrected chi connectivity index (χ4v) is 4.33. The minimum atomic E-state index is -0.378. The zero-order valence-corrected chi connectivity index (χ0v) is 18.4. The molecule has 0 bridgehead atoms. The Morgan fingerprint density at radius 1 is 1.09 bits per heavy atom. The van der Waals surface area contributed by atoms with Crippen molar-refractivity contribution in [2.75, 3.05) is 42.7 Å². The summed E-state index contributed by atoms with van der Waals surface area (Å²) in [4.78, 5) is 27.3. The van der Waals surface area contributed by atoms with Crippen molar-refractivity contribution in [2.24, 2.45) is 0 Å². The van der Waals surface area contributed by atoms with E-state index in [4.69, 9.17) is 5.84 Å². The Bertz CT molecular complexity index is 1120. The molecule has 0 radical (unpaired) electrons. The molecule has 1 saturated heterocycles. The molecule has 11 heteroatoms. The number of aryl methyl sites for hydroxylation is 1. The van der Waals surface area contributed by atoms with Gasteiger partial charge in [0, 0.05) is 37.8 Å². The molecule has 2 N–H and O–H groups in total. The molecule has 1 amide bonds. The van der Waals surface area contributed by atoms with E-state index in [0.29, 0.717) is 42.8 Å². The van der Waals surface area contributed by atoms with Crippen LogP contribution in [0.25, 0.3) is 11.4 Å². The van der Waals surface area contributed by atoms with Gasteiger partial charge in [0.1, 0.15) is 5.69 Å². The fraction of sp³-hybridized carbons (Fsp3) is 0.286. The van der Waals surface area contributed by atoms with Crippen LogP contribution in [0.1, 0.15) is 5.56 Å². The van der Waals surface area contributed by atoms with E-state index in [1.807, 2.05) is 36.1 Å². The van der Waals surface area contributed by atoms with Gasteiger partial charge in [-0.3, -0.25) is 14.9 Å². The third-order valence-corrected chi connectivity index (χ3v) is 6.28. The lowest BCUT2D eigenvalue weighted by Gasteiger charge is -2.35. The predicted molar refractivity (Wildman–Crippen MR) is 123 cm³/mol. The second-order valence-electron chi connectivity index (χ2n) is 7.44. The van der Waals surface area contributed by atoms with Gasteiger partial charge in [-0.15, -0.1) is 10.2 Å². The number of rotatable bonds is 6. The molecule has 32 heavy (non-hydrogen) atoms. The van der Waals surface area contributed by atoms with E-state index in [2.05, 4.69) is 10.2 Å². The summed E-state index contributed by atoms with van der Waals surface area (Å²) in [5.41, 5.74) is 2.65. The normalized spacial score (nSPS) is 13.9. The number of amides is 1. The molecule has 1 aliphatic rings. The zero-order valence-electron chi connectivity index (χ0n) is 17.5. The summed E-state index contributed by atoms with van der Waals surface area (Å²) in [5.74, 6) is 6.84. The highest BCUT2D eigenvalue weighted by atomic mass is 32.2. The van der Waals surface area contributed by atoms with E-state index < -0.39 is 0 Å². The number of carbonyl (C=O) groups excluding carboxylic acids is 1. The molecule has 0 saturated carbocycles. The maximum absolute atomic E-state index is 12.7. The molecule has 1 aromatic heterocycles. The van der Waals surface area contributed by atoms with Crippen molar-refractivity contribution in [3.05, 3.63) is 64.2 Å². The highest BCUT2D eigenvalue weighted by Crippen LogP contribution is 2.28. The number of hydrogen-bond acceptors (Lipinski definition) is 8. The van der Waals surface area contributed by atoms with Crippen LogP contribution >= 0.6 is 11.8 Å². The van der Waals surface area contributed by atoms with Crippen LogP contribution < -0.4 is 10.7 Å². The average molecular weight is 454 g/mol. The molecule has 10 nitrogen and oxygen atoms in total. The van der Waals surface area contributed by atoms with Crippen molar-refractivity contribution in [1.82, 2.24) is 19.8 Å². The number of aromatic nitrogens is 3. The summed E-state index contributed by atoms with van der Waals surface area (Å²) in [6, 6.07) is 14.5. The van der Waals surface area contributed by atoms with Gasteiger partial charge in [0.05, 0.1) is 10.7 Å². The minimum absolute atomic E-state index is 0.0305. The third-order valence-electron chi connectivity index (χ3n) is 5.35. The molecule has 3 aromatic rings. The van der Waals surface area contributed by atoms with Gasteiger partial charge in [-0.05, 0) is 13.0 Å². The van der Waals surface area contributed by atoms with Crippen LogP contribution in [-0.4, -0.2) is 62.5 Å². The molecule has 1 aliphatic heterocycles. The number of para-hydroxylation sites is 2. The summed E-state index contributed by atoms with van der Waals surface area (Å²) >= 11 is 1.24. The fourth-order valence-electron chi connectivity index (χ4n) is 3.58. The van der Waals surface area contributed by atoms with Crippen molar-refractivity contribution < 1.29 is 9.72 Å². The Morgan fingerprint density at radius 3 is 2.47 bits per heavy atom. The number of nitrogens with zero attached hydrogens (tertiary/aromatic N) is 6. The lowest BCUT2D eigenvalue weighted by Crippen LogP contribution is -2.49. The van der Waals surface area contributed by atoms with Gasteiger partial charge < -0.3 is 15.6 Å². The zero-order chi connectivity index (χ0) is 22.7. The first-order valence-corrected chi connectivity index (χ1v) is 11.1. The van der Waals surface area contributed by atoms with E-state index >= 15 is 0 Å². The smallest absolute Gasteiger partial charge is 0.292 e. The van der Waals surface area contributed by atoms with Gasteiger partial charge in [0.2, 0.25) is 11.1 Å². The number of nitrogens with two attached hydrogens (primary N) is 1. The molecule has 0 unspecified atom stereocenters. The summed E-state index contributed by atoms with van der Waals surface area (Å²) in [6.45, 7) is 4.06. The van der Waals surface area contributed by atoms with Crippen LogP contribution in [0.4, 0.5) is 11.4 Å². The second kappa shape index (κ2) is 9.27. The van der Waals surface area contributed by atoms with Crippen molar-refractivity contribution in [3.8, 4) is 11.4 Å². The van der Waals surface area contributed by atoms with Crippen molar-refractivity contribution in [3.63, 3.8) is 0 Å². The van der Waals surface area contributed by atoms with E-state index in [-0.39, 0.29) is 22.3 Å². The number of nitrogen functional groups attached to an aromatic ring is 1. The molecule has 1 fully saturated rings. The molecule has 2 heterocycles. The quantitative estimate of drug-likeness (QED) is 0.261. The molecule has 4 rings (SSSR count). The molecular formula is C21H23N7O3S. The Labute approximate surface area is 189 Å². The average Bonchev–Trinajstić information content (AvgIpc) is 3.18. The second-order valence-corrected chi connectivity index (χ2v) is 8.39. The third kappa shape index (κ3) is 4.52. The standard InChI is InChI=1S/C21H23N7O3S/c1-15-6-8-16(9-7-15)20-23-24-21(27(20)22)32-14-19(29)26-12-10-25(11-13-26)17-4-2-3-5-18(17)28(30)31/h2-9H,10-14,22H2,1H3. The number of piperazine rings is 1. The predicted octanol–water partition coefficient (Wildman–Crippen LogP) is 2.32. The van der Waals surface area contributed by atoms with Gasteiger partial charge in [0.15, 0.2) is 5.82 Å². The number of nitro groups is 1. The maximum atomic E-state index is 12.7. The van der Waals surface area contributed by atoms with Crippen LogP contribution in [0.5, 0.6) is 0 Å². The highest BCUT2D eigenvalue weighted by molar-refractivity contribution is 7.99. The molecule has 0 spiro atoms. The van der Waals surface area contributed by atoms with Gasteiger partial charge in [0.25, 0.3) is 5.69 Å². The monoisotopic (exact) mass is 453 g/mol. The first-order valence-electron chi connectivity index (χ1n) is 10.1. The Morgan fingerprint density at radius 2 is 1.78 bits per heavy atom. The lowest BCUT2D eigenvalue weighted by molar-refractivity contribution is -0.384. The summed E-state index contributed by atoms with van der Waals surface area (Å²) in [6.07, 6.45) is 0. The number of thioether (sulfide) groups is 1.